The summed E-state index contributed by atoms with van der Waals surface area (Å²) in [7, 11) is 1.60. The maximum atomic E-state index is 14.4. The minimum Gasteiger partial charge on any atom is -0.497 e. The highest BCUT2D eigenvalue weighted by Gasteiger charge is 2.14. The zero-order valence-corrected chi connectivity index (χ0v) is 16.2. The molecule has 0 radical (unpaired) electrons. The normalized spacial score (nSPS) is 14.3. The van der Waals surface area contributed by atoms with E-state index in [2.05, 4.69) is 15.5 Å². The van der Waals surface area contributed by atoms with E-state index in [0.29, 0.717) is 6.54 Å². The number of amides is 1. The van der Waals surface area contributed by atoms with Crippen molar-refractivity contribution in [3.05, 3.63) is 53.8 Å². The summed E-state index contributed by atoms with van der Waals surface area (Å²) in [6, 6.07) is 12.1. The van der Waals surface area contributed by atoms with E-state index in [1.165, 1.54) is 12.1 Å². The van der Waals surface area contributed by atoms with Gasteiger partial charge in [0, 0.05) is 39.3 Å². The smallest absolute Gasteiger partial charge is 0.254 e. The average molecular weight is 394 g/mol. The fourth-order valence-electron chi connectivity index (χ4n) is 3.02. The summed E-state index contributed by atoms with van der Waals surface area (Å²) in [5.41, 5.74) is 1.67. The van der Waals surface area contributed by atoms with Crippen molar-refractivity contribution in [2.75, 3.05) is 46.4 Å². The lowest BCUT2D eigenvalue weighted by Crippen LogP contribution is -2.46. The molecule has 0 spiro atoms. The number of carbonyl (C=O) groups is 1. The van der Waals surface area contributed by atoms with Crippen LogP contribution in [-0.2, 0) is 0 Å². The van der Waals surface area contributed by atoms with Gasteiger partial charge in [-0.2, -0.15) is 0 Å². The molecule has 5 nitrogen and oxygen atoms in total. The maximum Gasteiger partial charge on any atom is 0.254 e. The zero-order chi connectivity index (χ0) is 18.4. The van der Waals surface area contributed by atoms with Gasteiger partial charge in [-0.15, -0.1) is 12.4 Å². The van der Waals surface area contributed by atoms with E-state index in [-0.39, 0.29) is 23.9 Å². The fraction of sp³-hybridized carbons (Fsp3) is 0.350. The molecular weight excluding hydrogens is 369 g/mol. The summed E-state index contributed by atoms with van der Waals surface area (Å²) in [5, 5.41) is 6.09. The summed E-state index contributed by atoms with van der Waals surface area (Å²) in [5.74, 6) is -0.147. The Labute approximate surface area is 165 Å². The SMILES string of the molecule is COc1ccc(-c2ccc(C(=O)NCCN3CCNCC3)c(F)c2)cc1.Cl. The molecule has 0 aromatic heterocycles. The van der Waals surface area contributed by atoms with Crippen LogP contribution in [0.2, 0.25) is 0 Å². The van der Waals surface area contributed by atoms with Crippen LogP contribution in [0.5, 0.6) is 5.75 Å². The minimum atomic E-state index is -0.516. The van der Waals surface area contributed by atoms with E-state index >= 15 is 0 Å². The summed E-state index contributed by atoms with van der Waals surface area (Å²) in [6.07, 6.45) is 0. The summed E-state index contributed by atoms with van der Waals surface area (Å²) < 4.78 is 19.5. The van der Waals surface area contributed by atoms with E-state index < -0.39 is 5.82 Å². The van der Waals surface area contributed by atoms with Gasteiger partial charge in [-0.25, -0.2) is 4.39 Å². The summed E-state index contributed by atoms with van der Waals surface area (Å²) in [6.45, 7) is 5.17. The lowest BCUT2D eigenvalue weighted by atomic mass is 10.0. The molecule has 1 aliphatic heterocycles. The number of hydrogen-bond donors (Lipinski definition) is 2. The van der Waals surface area contributed by atoms with Crippen molar-refractivity contribution in [3.8, 4) is 16.9 Å². The number of halogens is 2. The molecule has 2 N–H and O–H groups in total. The lowest BCUT2D eigenvalue weighted by Gasteiger charge is -2.27. The molecule has 146 valence electrons. The number of nitrogens with one attached hydrogen (secondary N) is 2. The molecule has 2 aromatic carbocycles. The highest BCUT2D eigenvalue weighted by Crippen LogP contribution is 2.24. The zero-order valence-electron chi connectivity index (χ0n) is 15.3. The molecule has 1 aliphatic rings. The van der Waals surface area contributed by atoms with Crippen LogP contribution in [0.1, 0.15) is 10.4 Å². The van der Waals surface area contributed by atoms with Gasteiger partial charge in [-0.3, -0.25) is 9.69 Å². The van der Waals surface area contributed by atoms with Gasteiger partial charge < -0.3 is 15.4 Å². The molecule has 1 heterocycles. The molecule has 2 aromatic rings. The molecule has 0 aliphatic carbocycles. The number of ether oxygens (including phenoxy) is 1. The molecule has 0 saturated carbocycles. The number of nitrogens with zero attached hydrogens (tertiary/aromatic N) is 1. The largest absolute Gasteiger partial charge is 0.497 e. The predicted octanol–water partition coefficient (Wildman–Crippen LogP) is 2.56. The highest BCUT2D eigenvalue weighted by molar-refractivity contribution is 5.95. The topological polar surface area (TPSA) is 53.6 Å². The third kappa shape index (κ3) is 5.66. The molecule has 27 heavy (non-hydrogen) atoms. The average Bonchev–Trinajstić information content (AvgIpc) is 2.68. The van der Waals surface area contributed by atoms with E-state index in [0.717, 1.165) is 49.6 Å². The minimum absolute atomic E-state index is 0. The molecule has 7 heteroatoms. The Morgan fingerprint density at radius 3 is 2.44 bits per heavy atom. The first kappa shape index (κ1) is 21.2. The number of methoxy groups -OCH3 is 1. The lowest BCUT2D eigenvalue weighted by molar-refractivity contribution is 0.0943. The number of hydrogen-bond acceptors (Lipinski definition) is 4. The van der Waals surface area contributed by atoms with Crippen LogP contribution in [0, 0.1) is 5.82 Å². The van der Waals surface area contributed by atoms with Crippen molar-refractivity contribution in [2.24, 2.45) is 0 Å². The Morgan fingerprint density at radius 1 is 1.15 bits per heavy atom. The maximum absolute atomic E-state index is 14.4. The standard InChI is InChI=1S/C20H24FN3O2.ClH/c1-26-17-5-2-15(3-6-17)16-4-7-18(19(21)14-16)20(25)23-10-13-24-11-8-22-9-12-24;/h2-7,14,22H,8-13H2,1H3,(H,23,25);1H. The van der Waals surface area contributed by atoms with Crippen LogP contribution >= 0.6 is 12.4 Å². The quantitative estimate of drug-likeness (QED) is 0.792. The van der Waals surface area contributed by atoms with Gasteiger partial charge in [0.2, 0.25) is 0 Å². The van der Waals surface area contributed by atoms with Gasteiger partial charge >= 0.3 is 0 Å². The van der Waals surface area contributed by atoms with Crippen molar-refractivity contribution in [3.63, 3.8) is 0 Å². The van der Waals surface area contributed by atoms with Crippen LogP contribution in [0.4, 0.5) is 4.39 Å². The number of benzene rings is 2. The van der Waals surface area contributed by atoms with Crippen LogP contribution in [0.25, 0.3) is 11.1 Å². The molecule has 0 bridgehead atoms. The molecule has 3 rings (SSSR count). The second kappa shape index (κ2) is 10.3. The van der Waals surface area contributed by atoms with E-state index in [1.54, 1.807) is 13.2 Å². The van der Waals surface area contributed by atoms with Crippen molar-refractivity contribution < 1.29 is 13.9 Å². The van der Waals surface area contributed by atoms with Crippen LogP contribution in [0.3, 0.4) is 0 Å². The Morgan fingerprint density at radius 2 is 1.81 bits per heavy atom. The Balaban J connectivity index is 0.00000261. The molecule has 1 fully saturated rings. The summed E-state index contributed by atoms with van der Waals surface area (Å²) in [4.78, 5) is 14.5. The molecule has 1 saturated heterocycles. The van der Waals surface area contributed by atoms with Gasteiger partial charge in [0.05, 0.1) is 12.7 Å². The van der Waals surface area contributed by atoms with E-state index in [9.17, 15) is 9.18 Å². The Bertz CT molecular complexity index is 749. The fourth-order valence-corrected chi connectivity index (χ4v) is 3.02. The third-order valence-corrected chi connectivity index (χ3v) is 4.56. The van der Waals surface area contributed by atoms with E-state index in [1.807, 2.05) is 24.3 Å². The second-order valence-corrected chi connectivity index (χ2v) is 6.27. The second-order valence-electron chi connectivity index (χ2n) is 6.27. The first-order chi connectivity index (χ1) is 12.7. The summed E-state index contributed by atoms with van der Waals surface area (Å²) >= 11 is 0. The monoisotopic (exact) mass is 393 g/mol. The van der Waals surface area contributed by atoms with Crippen LogP contribution in [0.15, 0.2) is 42.5 Å². The third-order valence-electron chi connectivity index (χ3n) is 4.56. The number of rotatable bonds is 6. The van der Waals surface area contributed by atoms with Crippen molar-refractivity contribution in [2.45, 2.75) is 0 Å². The Hall–Kier alpha value is -2.15. The van der Waals surface area contributed by atoms with Crippen LogP contribution in [-0.4, -0.2) is 57.2 Å². The van der Waals surface area contributed by atoms with E-state index in [4.69, 9.17) is 4.74 Å². The highest BCUT2D eigenvalue weighted by atomic mass is 35.5. The molecular formula is C20H25ClFN3O2. The predicted molar refractivity (Wildman–Crippen MR) is 107 cm³/mol. The van der Waals surface area contributed by atoms with Crippen molar-refractivity contribution in [1.29, 1.82) is 0 Å². The van der Waals surface area contributed by atoms with Gasteiger partial charge in [0.25, 0.3) is 5.91 Å². The number of carbonyl (C=O) groups excluding carboxylic acids is 1. The van der Waals surface area contributed by atoms with Gasteiger partial charge in [0.1, 0.15) is 11.6 Å². The first-order valence-electron chi connectivity index (χ1n) is 8.82. The van der Waals surface area contributed by atoms with Gasteiger partial charge in [0.15, 0.2) is 0 Å². The van der Waals surface area contributed by atoms with Crippen LogP contribution < -0.4 is 15.4 Å². The first-order valence-corrected chi connectivity index (χ1v) is 8.82. The van der Waals surface area contributed by atoms with Crippen molar-refractivity contribution in [1.82, 2.24) is 15.5 Å². The van der Waals surface area contributed by atoms with Gasteiger partial charge in [-0.1, -0.05) is 18.2 Å². The number of piperazine rings is 1. The molecule has 1 amide bonds. The Kier molecular flexibility index (Phi) is 8.03. The van der Waals surface area contributed by atoms with Gasteiger partial charge in [-0.05, 0) is 35.4 Å². The molecule has 0 atom stereocenters. The molecule has 0 unspecified atom stereocenters. The van der Waals surface area contributed by atoms with Crippen molar-refractivity contribution >= 4 is 18.3 Å².